The highest BCUT2D eigenvalue weighted by Crippen LogP contribution is 2.25. The van der Waals surface area contributed by atoms with Gasteiger partial charge in [-0.25, -0.2) is 4.79 Å². The van der Waals surface area contributed by atoms with E-state index < -0.39 is 11.9 Å². The quantitative estimate of drug-likeness (QED) is 0.818. The van der Waals surface area contributed by atoms with Crippen molar-refractivity contribution in [3.05, 3.63) is 5.51 Å². The molecule has 1 aliphatic heterocycles. The average molecular weight is 256 g/mol. The zero-order valence-corrected chi connectivity index (χ0v) is 9.98. The van der Waals surface area contributed by atoms with E-state index in [0.29, 0.717) is 18.1 Å². The smallest absolute Gasteiger partial charge is 0.323 e. The summed E-state index contributed by atoms with van der Waals surface area (Å²) in [6.07, 6.45) is 0.486. The van der Waals surface area contributed by atoms with Gasteiger partial charge in [0.2, 0.25) is 5.13 Å². The van der Waals surface area contributed by atoms with Crippen molar-refractivity contribution >= 4 is 28.5 Å². The number of nitrogens with one attached hydrogen (secondary N) is 1. The molecule has 2 rings (SSSR count). The molecule has 1 aliphatic rings. The Bertz CT molecular complexity index is 422. The highest BCUT2D eigenvalue weighted by Gasteiger charge is 2.38. The molecule has 0 radical (unpaired) electrons. The number of urea groups is 1. The number of carbonyl (C=O) groups excluding carboxylic acids is 1. The molecule has 2 unspecified atom stereocenters. The highest BCUT2D eigenvalue weighted by atomic mass is 32.1. The van der Waals surface area contributed by atoms with Crippen LogP contribution in [0.4, 0.5) is 9.93 Å². The van der Waals surface area contributed by atoms with Crippen LogP contribution in [0, 0.1) is 5.92 Å². The number of hydrogen-bond donors (Lipinski definition) is 2. The zero-order valence-electron chi connectivity index (χ0n) is 9.16. The largest absolute Gasteiger partial charge is 0.481 e. The second-order valence-corrected chi connectivity index (χ2v) is 4.67. The molecule has 2 atom stereocenters. The van der Waals surface area contributed by atoms with Crippen LogP contribution in [0.3, 0.4) is 0 Å². The number of anilines is 1. The van der Waals surface area contributed by atoms with Crippen molar-refractivity contribution in [1.82, 2.24) is 15.1 Å². The normalized spacial score (nSPS) is 23.7. The van der Waals surface area contributed by atoms with Crippen LogP contribution in [0.1, 0.15) is 13.3 Å². The van der Waals surface area contributed by atoms with E-state index in [1.165, 1.54) is 21.7 Å². The first-order valence-corrected chi connectivity index (χ1v) is 6.04. The highest BCUT2D eigenvalue weighted by molar-refractivity contribution is 7.13. The van der Waals surface area contributed by atoms with Crippen LogP contribution in [0.15, 0.2) is 5.51 Å². The van der Waals surface area contributed by atoms with Gasteiger partial charge in [-0.1, -0.05) is 11.3 Å². The van der Waals surface area contributed by atoms with Gasteiger partial charge in [0, 0.05) is 12.6 Å². The SMILES string of the molecule is CC1C(C(=O)O)CCN1C(=O)Nc1nncs1. The minimum Gasteiger partial charge on any atom is -0.481 e. The number of carbonyl (C=O) groups is 2. The summed E-state index contributed by atoms with van der Waals surface area (Å²) in [5, 5.41) is 19.3. The van der Waals surface area contributed by atoms with E-state index >= 15 is 0 Å². The van der Waals surface area contributed by atoms with E-state index in [1.807, 2.05) is 0 Å². The molecule has 0 spiro atoms. The lowest BCUT2D eigenvalue weighted by molar-refractivity contribution is -0.142. The molecule has 1 fully saturated rings. The van der Waals surface area contributed by atoms with Crippen LogP contribution in [0.5, 0.6) is 0 Å². The Morgan fingerprint density at radius 3 is 2.94 bits per heavy atom. The molecule has 2 heterocycles. The third-order valence-corrected chi connectivity index (χ3v) is 3.51. The van der Waals surface area contributed by atoms with Crippen molar-refractivity contribution in [2.45, 2.75) is 19.4 Å². The summed E-state index contributed by atoms with van der Waals surface area (Å²) in [4.78, 5) is 24.3. The number of nitrogens with zero attached hydrogens (tertiary/aromatic N) is 3. The predicted molar refractivity (Wildman–Crippen MR) is 60.8 cm³/mol. The number of carboxylic acids is 1. The van der Waals surface area contributed by atoms with Crippen LogP contribution in [0.2, 0.25) is 0 Å². The van der Waals surface area contributed by atoms with Crippen molar-refractivity contribution in [1.29, 1.82) is 0 Å². The maximum absolute atomic E-state index is 11.9. The molecule has 1 aromatic heterocycles. The number of hydrogen-bond acceptors (Lipinski definition) is 5. The lowest BCUT2D eigenvalue weighted by Crippen LogP contribution is -2.40. The molecule has 0 saturated carbocycles. The van der Waals surface area contributed by atoms with Gasteiger partial charge < -0.3 is 10.0 Å². The molecule has 17 heavy (non-hydrogen) atoms. The molecule has 92 valence electrons. The van der Waals surface area contributed by atoms with Crippen LogP contribution < -0.4 is 5.32 Å². The molecule has 8 heteroatoms. The number of amides is 2. The van der Waals surface area contributed by atoms with E-state index in [1.54, 1.807) is 6.92 Å². The average Bonchev–Trinajstić information content (AvgIpc) is 2.86. The van der Waals surface area contributed by atoms with Crippen molar-refractivity contribution < 1.29 is 14.7 Å². The molecule has 1 saturated heterocycles. The maximum Gasteiger partial charge on any atom is 0.323 e. The molecular formula is C9H12N4O3S. The van der Waals surface area contributed by atoms with E-state index in [0.717, 1.165) is 0 Å². The first-order chi connectivity index (χ1) is 8.09. The standard InChI is InChI=1S/C9H12N4O3S/c1-5-6(7(14)15)2-3-13(5)9(16)11-8-12-10-4-17-8/h4-6H,2-3H2,1H3,(H,14,15)(H,11,12,16). The van der Waals surface area contributed by atoms with E-state index in [-0.39, 0.29) is 12.1 Å². The Hall–Kier alpha value is -1.70. The predicted octanol–water partition coefficient (Wildman–Crippen LogP) is 0.865. The lowest BCUT2D eigenvalue weighted by atomic mass is 10.0. The van der Waals surface area contributed by atoms with Crippen molar-refractivity contribution in [3.63, 3.8) is 0 Å². The zero-order chi connectivity index (χ0) is 12.4. The van der Waals surface area contributed by atoms with Gasteiger partial charge in [-0.2, -0.15) is 0 Å². The molecular weight excluding hydrogens is 244 g/mol. The fourth-order valence-corrected chi connectivity index (χ4v) is 2.38. The summed E-state index contributed by atoms with van der Waals surface area (Å²) >= 11 is 1.22. The summed E-state index contributed by atoms with van der Waals surface area (Å²) in [6, 6.07) is -0.626. The summed E-state index contributed by atoms with van der Waals surface area (Å²) in [5.41, 5.74) is 1.52. The summed E-state index contributed by atoms with van der Waals surface area (Å²) < 4.78 is 0. The number of aromatic nitrogens is 2. The number of likely N-dealkylation sites (tertiary alicyclic amines) is 1. The van der Waals surface area contributed by atoms with Crippen molar-refractivity contribution in [2.75, 3.05) is 11.9 Å². The molecule has 0 bridgehead atoms. The van der Waals surface area contributed by atoms with E-state index in [9.17, 15) is 9.59 Å². The molecule has 7 nitrogen and oxygen atoms in total. The monoisotopic (exact) mass is 256 g/mol. The molecule has 2 N–H and O–H groups in total. The van der Waals surface area contributed by atoms with Crippen molar-refractivity contribution in [3.8, 4) is 0 Å². The fraction of sp³-hybridized carbons (Fsp3) is 0.556. The van der Waals surface area contributed by atoms with Crippen LogP contribution >= 0.6 is 11.3 Å². The Labute approximate surface area is 101 Å². The molecule has 1 aromatic rings. The summed E-state index contributed by atoms with van der Waals surface area (Å²) in [5.74, 6) is -1.35. The molecule has 0 aliphatic carbocycles. The Morgan fingerprint density at radius 1 is 1.65 bits per heavy atom. The van der Waals surface area contributed by atoms with Crippen LogP contribution in [-0.2, 0) is 4.79 Å². The van der Waals surface area contributed by atoms with Gasteiger partial charge in [-0.3, -0.25) is 10.1 Å². The Balaban J connectivity index is 1.99. The second kappa shape index (κ2) is 4.66. The lowest BCUT2D eigenvalue weighted by Gasteiger charge is -2.22. The summed E-state index contributed by atoms with van der Waals surface area (Å²) in [7, 11) is 0. The van der Waals surface area contributed by atoms with Gasteiger partial charge in [-0.05, 0) is 13.3 Å². The summed E-state index contributed by atoms with van der Waals surface area (Å²) in [6.45, 7) is 2.19. The number of rotatable bonds is 2. The van der Waals surface area contributed by atoms with Crippen molar-refractivity contribution in [2.24, 2.45) is 5.92 Å². The van der Waals surface area contributed by atoms with Gasteiger partial charge in [0.15, 0.2) is 0 Å². The number of aliphatic carboxylic acids is 1. The first-order valence-electron chi connectivity index (χ1n) is 5.16. The van der Waals surface area contributed by atoms with Gasteiger partial charge in [0.1, 0.15) is 5.51 Å². The third-order valence-electron chi connectivity index (χ3n) is 2.91. The van der Waals surface area contributed by atoms with Crippen LogP contribution in [0.25, 0.3) is 0 Å². The molecule has 0 aromatic carbocycles. The Kier molecular flexibility index (Phi) is 3.23. The third kappa shape index (κ3) is 2.36. The van der Waals surface area contributed by atoms with Gasteiger partial charge in [0.25, 0.3) is 0 Å². The Morgan fingerprint density at radius 2 is 2.41 bits per heavy atom. The van der Waals surface area contributed by atoms with E-state index in [2.05, 4.69) is 15.5 Å². The fourth-order valence-electron chi connectivity index (χ4n) is 1.95. The van der Waals surface area contributed by atoms with E-state index in [4.69, 9.17) is 5.11 Å². The minimum absolute atomic E-state index is 0.305. The van der Waals surface area contributed by atoms with Crippen LogP contribution in [-0.4, -0.2) is 44.8 Å². The minimum atomic E-state index is -0.858. The van der Waals surface area contributed by atoms with Gasteiger partial charge in [-0.15, -0.1) is 10.2 Å². The second-order valence-electron chi connectivity index (χ2n) is 3.84. The first kappa shape index (κ1) is 11.8. The van der Waals surface area contributed by atoms with Gasteiger partial charge >= 0.3 is 12.0 Å². The topological polar surface area (TPSA) is 95.4 Å². The maximum atomic E-state index is 11.9. The van der Waals surface area contributed by atoms with Gasteiger partial charge in [0.05, 0.1) is 5.92 Å². The molecule has 2 amide bonds. The number of carboxylic acid groups (broad SMARTS) is 1.